The zero-order valence-electron chi connectivity index (χ0n) is 12.4. The molecule has 1 N–H and O–H groups in total. The smallest absolute Gasteiger partial charge is 0.307 e. The Morgan fingerprint density at radius 3 is 2.82 bits per heavy atom. The number of piperazine rings is 1. The van der Waals surface area contributed by atoms with Crippen LogP contribution in [0.2, 0.25) is 0 Å². The summed E-state index contributed by atoms with van der Waals surface area (Å²) in [6.07, 6.45) is 0.0509. The van der Waals surface area contributed by atoms with E-state index in [1.165, 1.54) is 7.11 Å². The normalized spacial score (nSPS) is 17.5. The Labute approximate surface area is 136 Å². The molecular weight excluding hydrogens is 304 g/mol. The quantitative estimate of drug-likeness (QED) is 0.661. The van der Waals surface area contributed by atoms with Crippen molar-refractivity contribution in [2.75, 3.05) is 26.7 Å². The highest BCUT2D eigenvalue weighted by Crippen LogP contribution is 2.09. The summed E-state index contributed by atoms with van der Waals surface area (Å²) >= 11 is 0. The van der Waals surface area contributed by atoms with Gasteiger partial charge in [-0.3, -0.25) is 14.5 Å². The van der Waals surface area contributed by atoms with Crippen molar-refractivity contribution in [3.8, 4) is 11.8 Å². The summed E-state index contributed by atoms with van der Waals surface area (Å²) in [6.45, 7) is 1.70. The number of carbonyl (C=O) groups is 2. The van der Waals surface area contributed by atoms with E-state index < -0.39 is 12.0 Å². The molecule has 1 unspecified atom stereocenters. The fourth-order valence-electron chi connectivity index (χ4n) is 2.18. The molecule has 0 saturated carbocycles. The molecule has 22 heavy (non-hydrogen) atoms. The van der Waals surface area contributed by atoms with Crippen LogP contribution in [0.1, 0.15) is 12.0 Å². The Hall–Kier alpha value is -2.03. The molecule has 118 valence electrons. The zero-order valence-corrected chi connectivity index (χ0v) is 13.2. The third-order valence-corrected chi connectivity index (χ3v) is 3.32. The SMILES string of the molecule is COC(=O)CC1C(=O)NCCN1CC#Cc1ccccc1.Cl. The molecule has 2 rings (SSSR count). The van der Waals surface area contributed by atoms with Gasteiger partial charge < -0.3 is 10.1 Å². The molecule has 0 aromatic heterocycles. The van der Waals surface area contributed by atoms with Crippen molar-refractivity contribution in [1.29, 1.82) is 0 Å². The second-order valence-electron chi connectivity index (χ2n) is 4.73. The fraction of sp³-hybridized carbons (Fsp3) is 0.375. The van der Waals surface area contributed by atoms with Gasteiger partial charge in [-0.1, -0.05) is 30.0 Å². The average Bonchev–Trinajstić information content (AvgIpc) is 2.51. The van der Waals surface area contributed by atoms with Crippen molar-refractivity contribution < 1.29 is 14.3 Å². The Balaban J connectivity index is 0.00000242. The van der Waals surface area contributed by atoms with Crippen molar-refractivity contribution in [1.82, 2.24) is 10.2 Å². The van der Waals surface area contributed by atoms with Crippen LogP contribution < -0.4 is 5.32 Å². The molecule has 1 aromatic rings. The summed E-state index contributed by atoms with van der Waals surface area (Å²) in [6, 6.07) is 9.16. The van der Waals surface area contributed by atoms with Crippen LogP contribution in [0.3, 0.4) is 0 Å². The highest BCUT2D eigenvalue weighted by molar-refractivity contribution is 5.87. The van der Waals surface area contributed by atoms with Crippen molar-refractivity contribution in [2.45, 2.75) is 12.5 Å². The predicted octanol–water partition coefficient (Wildman–Crippen LogP) is 0.823. The molecule has 1 heterocycles. The number of nitrogens with one attached hydrogen (secondary N) is 1. The first-order valence-corrected chi connectivity index (χ1v) is 6.83. The molecular formula is C16H19ClN2O3. The number of esters is 1. The summed E-state index contributed by atoms with van der Waals surface area (Å²) in [5, 5.41) is 2.76. The van der Waals surface area contributed by atoms with Crippen LogP contribution in [0.5, 0.6) is 0 Å². The van der Waals surface area contributed by atoms with Crippen molar-refractivity contribution in [3.05, 3.63) is 35.9 Å². The summed E-state index contributed by atoms with van der Waals surface area (Å²) in [5.74, 6) is 5.58. The molecule has 5 nitrogen and oxygen atoms in total. The lowest BCUT2D eigenvalue weighted by molar-refractivity contribution is -0.145. The van der Waals surface area contributed by atoms with Crippen molar-refractivity contribution >= 4 is 24.3 Å². The number of methoxy groups -OCH3 is 1. The van der Waals surface area contributed by atoms with E-state index in [1.807, 2.05) is 35.2 Å². The number of hydrogen-bond donors (Lipinski definition) is 1. The van der Waals surface area contributed by atoms with Crippen LogP contribution >= 0.6 is 12.4 Å². The lowest BCUT2D eigenvalue weighted by Crippen LogP contribution is -2.55. The molecule has 0 spiro atoms. The molecule has 1 fully saturated rings. The predicted molar refractivity (Wildman–Crippen MR) is 85.6 cm³/mol. The van der Waals surface area contributed by atoms with Crippen LogP contribution in [-0.2, 0) is 14.3 Å². The number of hydrogen-bond acceptors (Lipinski definition) is 4. The zero-order chi connectivity index (χ0) is 15.1. The third-order valence-electron chi connectivity index (χ3n) is 3.32. The largest absolute Gasteiger partial charge is 0.469 e. The summed E-state index contributed by atoms with van der Waals surface area (Å²) in [7, 11) is 1.32. The highest BCUT2D eigenvalue weighted by atomic mass is 35.5. The van der Waals surface area contributed by atoms with Gasteiger partial charge in [-0.15, -0.1) is 12.4 Å². The first-order valence-electron chi connectivity index (χ1n) is 6.83. The third kappa shape index (κ3) is 5.06. The molecule has 0 aliphatic carbocycles. The van der Waals surface area contributed by atoms with E-state index >= 15 is 0 Å². The van der Waals surface area contributed by atoms with Gasteiger partial charge in [0.25, 0.3) is 0 Å². The lowest BCUT2D eigenvalue weighted by atomic mass is 10.1. The lowest BCUT2D eigenvalue weighted by Gasteiger charge is -2.32. The minimum Gasteiger partial charge on any atom is -0.469 e. The van der Waals surface area contributed by atoms with E-state index in [0.29, 0.717) is 19.6 Å². The van der Waals surface area contributed by atoms with E-state index in [-0.39, 0.29) is 24.7 Å². The first-order chi connectivity index (χ1) is 10.2. The van der Waals surface area contributed by atoms with Crippen molar-refractivity contribution in [2.24, 2.45) is 0 Å². The maximum Gasteiger partial charge on any atom is 0.307 e. The van der Waals surface area contributed by atoms with E-state index in [1.54, 1.807) is 0 Å². The second kappa shape index (κ2) is 9.08. The minimum absolute atomic E-state index is 0. The summed E-state index contributed by atoms with van der Waals surface area (Å²) < 4.78 is 4.64. The standard InChI is InChI=1S/C16H18N2O3.ClH/c1-21-15(19)12-14-16(20)17-9-11-18(14)10-5-8-13-6-3-2-4-7-13;/h2-4,6-7,14H,9-12H2,1H3,(H,17,20);1H. The molecule has 1 saturated heterocycles. The minimum atomic E-state index is -0.503. The summed E-state index contributed by atoms with van der Waals surface area (Å²) in [5.41, 5.74) is 0.934. The topological polar surface area (TPSA) is 58.6 Å². The molecule has 0 bridgehead atoms. The van der Waals surface area contributed by atoms with Gasteiger partial charge in [0.15, 0.2) is 0 Å². The van der Waals surface area contributed by atoms with Gasteiger partial charge >= 0.3 is 5.97 Å². The number of benzene rings is 1. The van der Waals surface area contributed by atoms with Crippen LogP contribution in [0.4, 0.5) is 0 Å². The Morgan fingerprint density at radius 1 is 1.41 bits per heavy atom. The second-order valence-corrected chi connectivity index (χ2v) is 4.73. The molecule has 1 atom stereocenters. The number of rotatable bonds is 3. The molecule has 1 amide bonds. The van der Waals surface area contributed by atoms with E-state index in [9.17, 15) is 9.59 Å². The van der Waals surface area contributed by atoms with Gasteiger partial charge in [0.05, 0.1) is 20.1 Å². The van der Waals surface area contributed by atoms with Gasteiger partial charge in [0.2, 0.25) is 5.91 Å². The Bertz CT molecular complexity index is 566. The monoisotopic (exact) mass is 322 g/mol. The van der Waals surface area contributed by atoms with E-state index in [4.69, 9.17) is 0 Å². The average molecular weight is 323 g/mol. The molecule has 6 heteroatoms. The summed E-state index contributed by atoms with van der Waals surface area (Å²) in [4.78, 5) is 25.2. The van der Waals surface area contributed by atoms with Crippen LogP contribution in [-0.4, -0.2) is 49.6 Å². The molecule has 1 aromatic carbocycles. The number of halogens is 1. The van der Waals surface area contributed by atoms with Crippen LogP contribution in [0.25, 0.3) is 0 Å². The number of ether oxygens (including phenoxy) is 1. The van der Waals surface area contributed by atoms with Crippen LogP contribution in [0, 0.1) is 11.8 Å². The van der Waals surface area contributed by atoms with Gasteiger partial charge in [0, 0.05) is 18.7 Å². The fourth-order valence-corrected chi connectivity index (χ4v) is 2.18. The van der Waals surface area contributed by atoms with Gasteiger partial charge in [-0.05, 0) is 12.1 Å². The maximum absolute atomic E-state index is 11.9. The Morgan fingerprint density at radius 2 is 2.14 bits per heavy atom. The van der Waals surface area contributed by atoms with Gasteiger partial charge in [0.1, 0.15) is 6.04 Å². The first kappa shape index (κ1) is 18.0. The van der Waals surface area contributed by atoms with Crippen molar-refractivity contribution in [3.63, 3.8) is 0 Å². The van der Waals surface area contributed by atoms with E-state index in [2.05, 4.69) is 21.9 Å². The molecule has 1 aliphatic rings. The van der Waals surface area contributed by atoms with Gasteiger partial charge in [-0.2, -0.15) is 0 Å². The number of nitrogens with zero attached hydrogens (tertiary/aromatic N) is 1. The number of carbonyl (C=O) groups excluding carboxylic acids is 2. The van der Waals surface area contributed by atoms with E-state index in [0.717, 1.165) is 5.56 Å². The maximum atomic E-state index is 11.9. The highest BCUT2D eigenvalue weighted by Gasteiger charge is 2.31. The molecule has 1 aliphatic heterocycles. The van der Waals surface area contributed by atoms with Gasteiger partial charge in [-0.25, -0.2) is 0 Å². The number of amides is 1. The molecule has 0 radical (unpaired) electrons. The Kier molecular flexibility index (Phi) is 7.44. The van der Waals surface area contributed by atoms with Crippen LogP contribution in [0.15, 0.2) is 30.3 Å².